The van der Waals surface area contributed by atoms with Gasteiger partial charge >= 0.3 is 0 Å². The van der Waals surface area contributed by atoms with Crippen molar-refractivity contribution in [3.63, 3.8) is 0 Å². The van der Waals surface area contributed by atoms with Crippen LogP contribution in [0.25, 0.3) is 20.1 Å². The fourth-order valence-corrected chi connectivity index (χ4v) is 5.10. The maximum Gasteiger partial charge on any atom is 0.261 e. The molecule has 7 nitrogen and oxygen atoms in total. The van der Waals surface area contributed by atoms with Crippen molar-refractivity contribution < 1.29 is 19.1 Å². The number of hydrogen-bond donors (Lipinski definition) is 2. The van der Waals surface area contributed by atoms with Crippen LogP contribution in [0.5, 0.6) is 11.5 Å². The molecular formula is C24H23N3O4S2. The molecule has 4 rings (SSSR count). The van der Waals surface area contributed by atoms with E-state index in [4.69, 9.17) is 9.47 Å². The van der Waals surface area contributed by atoms with E-state index in [1.165, 1.54) is 18.4 Å². The van der Waals surface area contributed by atoms with E-state index in [9.17, 15) is 9.59 Å². The highest BCUT2D eigenvalue weighted by molar-refractivity contribution is 7.26. The van der Waals surface area contributed by atoms with Crippen molar-refractivity contribution in [1.82, 2.24) is 15.6 Å². The number of para-hydroxylation sites is 1. The Bertz CT molecular complexity index is 1250. The molecule has 2 amide bonds. The molecule has 4 aromatic rings. The van der Waals surface area contributed by atoms with Gasteiger partial charge in [-0.05, 0) is 48.9 Å². The van der Waals surface area contributed by atoms with Crippen LogP contribution in [0.1, 0.15) is 22.2 Å². The third-order valence-electron chi connectivity index (χ3n) is 4.75. The number of methoxy groups -OCH3 is 1. The number of benzene rings is 2. The predicted octanol–water partition coefficient (Wildman–Crippen LogP) is 4.48. The Kier molecular flexibility index (Phi) is 7.21. The molecule has 0 bridgehead atoms. The van der Waals surface area contributed by atoms with Gasteiger partial charge in [-0.1, -0.05) is 18.2 Å². The van der Waals surface area contributed by atoms with Gasteiger partial charge in [0, 0.05) is 13.1 Å². The molecule has 0 radical (unpaired) electrons. The summed E-state index contributed by atoms with van der Waals surface area (Å²) in [6.07, 6.45) is 0. The molecule has 0 spiro atoms. The molecule has 0 aliphatic rings. The maximum absolute atomic E-state index is 12.7. The van der Waals surface area contributed by atoms with Crippen molar-refractivity contribution in [1.29, 1.82) is 0 Å². The average Bonchev–Trinajstić information content (AvgIpc) is 3.49. The number of likely N-dealkylation sites (N-methyl/N-ethyl adjacent to an activating group) is 1. The molecule has 170 valence electrons. The molecule has 2 aromatic carbocycles. The lowest BCUT2D eigenvalue weighted by molar-refractivity contribution is -0.123. The summed E-state index contributed by atoms with van der Waals surface area (Å²) < 4.78 is 12.0. The summed E-state index contributed by atoms with van der Waals surface area (Å²) in [5, 5.41) is 6.53. The first kappa shape index (κ1) is 22.8. The molecule has 2 aromatic heterocycles. The van der Waals surface area contributed by atoms with Gasteiger partial charge in [-0.15, -0.1) is 22.7 Å². The second-order valence-electron chi connectivity index (χ2n) is 7.06. The number of fused-ring (bicyclic) bond motifs is 1. The number of aromatic nitrogens is 1. The first-order chi connectivity index (χ1) is 16.1. The number of hydrogen-bond acceptors (Lipinski definition) is 7. The first-order valence-electron chi connectivity index (χ1n) is 10.4. The van der Waals surface area contributed by atoms with Crippen molar-refractivity contribution in [2.24, 2.45) is 0 Å². The number of nitrogens with zero attached hydrogens (tertiary/aromatic N) is 1. The molecule has 0 aliphatic heterocycles. The van der Waals surface area contributed by atoms with E-state index in [0.29, 0.717) is 29.5 Å². The van der Waals surface area contributed by atoms with Gasteiger partial charge in [0.1, 0.15) is 5.01 Å². The van der Waals surface area contributed by atoms with Crippen LogP contribution in [0.2, 0.25) is 0 Å². The smallest absolute Gasteiger partial charge is 0.261 e. The molecule has 0 unspecified atom stereocenters. The summed E-state index contributed by atoms with van der Waals surface area (Å²) in [6, 6.07) is 17.1. The average molecular weight is 482 g/mol. The third-order valence-corrected chi connectivity index (χ3v) is 7.04. The number of nitrogens with one attached hydrogen (secondary N) is 2. The number of carbonyl (C=O) groups excluding carboxylic acids is 2. The Morgan fingerprint density at radius 2 is 1.85 bits per heavy atom. The van der Waals surface area contributed by atoms with Crippen LogP contribution in [0.4, 0.5) is 0 Å². The van der Waals surface area contributed by atoms with Crippen LogP contribution in [-0.4, -0.2) is 37.1 Å². The quantitative estimate of drug-likeness (QED) is 0.368. The Balaban J connectivity index is 1.38. The van der Waals surface area contributed by atoms with Gasteiger partial charge in [0.25, 0.3) is 11.8 Å². The second-order valence-corrected chi connectivity index (χ2v) is 9.18. The monoisotopic (exact) mass is 481 g/mol. The Labute approximate surface area is 199 Å². The van der Waals surface area contributed by atoms with E-state index < -0.39 is 0 Å². The van der Waals surface area contributed by atoms with Crippen LogP contribution in [-0.2, 0) is 11.3 Å². The minimum Gasteiger partial charge on any atom is -0.493 e. The van der Waals surface area contributed by atoms with Crippen LogP contribution < -0.4 is 20.1 Å². The topological polar surface area (TPSA) is 89.6 Å². The Hall–Kier alpha value is -3.43. The number of thiophene rings is 1. The van der Waals surface area contributed by atoms with Gasteiger partial charge in [0.2, 0.25) is 0 Å². The van der Waals surface area contributed by atoms with E-state index in [1.807, 2.05) is 49.4 Å². The van der Waals surface area contributed by atoms with Gasteiger partial charge in [0.05, 0.1) is 27.1 Å². The van der Waals surface area contributed by atoms with Gasteiger partial charge in [0.15, 0.2) is 18.1 Å². The largest absolute Gasteiger partial charge is 0.493 e. The molecule has 0 saturated carbocycles. The van der Waals surface area contributed by atoms with Crippen LogP contribution in [0.15, 0.2) is 54.6 Å². The summed E-state index contributed by atoms with van der Waals surface area (Å²) in [6.45, 7) is 2.64. The van der Waals surface area contributed by atoms with Crippen molar-refractivity contribution in [3.05, 3.63) is 65.0 Å². The first-order valence-corrected chi connectivity index (χ1v) is 12.0. The summed E-state index contributed by atoms with van der Waals surface area (Å²) in [5.74, 6) is 0.623. The normalized spacial score (nSPS) is 10.7. The van der Waals surface area contributed by atoms with Crippen molar-refractivity contribution >= 4 is 44.7 Å². The Morgan fingerprint density at radius 3 is 2.64 bits per heavy atom. The van der Waals surface area contributed by atoms with Crippen molar-refractivity contribution in [2.45, 2.75) is 13.5 Å². The number of rotatable bonds is 9. The predicted molar refractivity (Wildman–Crippen MR) is 131 cm³/mol. The summed E-state index contributed by atoms with van der Waals surface area (Å²) in [4.78, 5) is 30.5. The lowest BCUT2D eigenvalue weighted by Gasteiger charge is -2.12. The van der Waals surface area contributed by atoms with Gasteiger partial charge in [-0.2, -0.15) is 0 Å². The molecule has 0 saturated heterocycles. The highest BCUT2D eigenvalue weighted by Crippen LogP contribution is 2.34. The zero-order valence-electron chi connectivity index (χ0n) is 18.2. The fraction of sp³-hybridized carbons (Fsp3) is 0.208. The van der Waals surface area contributed by atoms with Gasteiger partial charge in [-0.25, -0.2) is 4.98 Å². The zero-order valence-corrected chi connectivity index (χ0v) is 19.8. The molecule has 0 atom stereocenters. The number of thiazole rings is 1. The molecule has 0 aliphatic carbocycles. The minimum absolute atomic E-state index is 0.0876. The summed E-state index contributed by atoms with van der Waals surface area (Å²) in [5.41, 5.74) is 1.82. The number of ether oxygens (including phenoxy) is 2. The zero-order chi connectivity index (χ0) is 23.2. The lowest BCUT2D eigenvalue weighted by Crippen LogP contribution is -2.28. The van der Waals surface area contributed by atoms with Crippen LogP contribution >= 0.6 is 22.7 Å². The van der Waals surface area contributed by atoms with E-state index in [2.05, 4.69) is 15.6 Å². The maximum atomic E-state index is 12.7. The molecule has 2 N–H and O–H groups in total. The van der Waals surface area contributed by atoms with E-state index >= 15 is 0 Å². The number of amides is 2. The highest BCUT2D eigenvalue weighted by atomic mass is 32.1. The summed E-state index contributed by atoms with van der Waals surface area (Å²) in [7, 11) is 1.53. The van der Waals surface area contributed by atoms with E-state index in [0.717, 1.165) is 25.7 Å². The highest BCUT2D eigenvalue weighted by Gasteiger charge is 2.14. The fourth-order valence-electron chi connectivity index (χ4n) is 3.15. The van der Waals surface area contributed by atoms with Crippen LogP contribution in [0.3, 0.4) is 0 Å². The molecule has 2 heterocycles. The third kappa shape index (κ3) is 5.50. The van der Waals surface area contributed by atoms with Gasteiger partial charge < -0.3 is 20.1 Å². The molecule has 0 fully saturated rings. The van der Waals surface area contributed by atoms with Crippen molar-refractivity contribution in [3.8, 4) is 21.4 Å². The second kappa shape index (κ2) is 10.5. The van der Waals surface area contributed by atoms with E-state index in [1.54, 1.807) is 23.5 Å². The Morgan fingerprint density at radius 1 is 1.00 bits per heavy atom. The SMILES string of the molecule is CCNC(=O)COc1ccc(CNC(=O)c2ccc(-c3nc4ccccc4s3)s2)cc1OC. The molecular weight excluding hydrogens is 458 g/mol. The number of carbonyl (C=O) groups is 2. The van der Waals surface area contributed by atoms with E-state index in [-0.39, 0.29) is 18.4 Å². The molecule has 33 heavy (non-hydrogen) atoms. The summed E-state index contributed by atoms with van der Waals surface area (Å²) >= 11 is 3.04. The standard InChI is InChI=1S/C24H23N3O4S2/c1-3-25-22(28)14-31-17-9-8-15(12-18(17)30-2)13-26-23(29)20-10-11-21(32-20)24-27-16-6-4-5-7-19(16)33-24/h4-12H,3,13-14H2,1-2H3,(H,25,28)(H,26,29). The van der Waals surface area contributed by atoms with Gasteiger partial charge in [-0.3, -0.25) is 9.59 Å². The molecule has 9 heteroatoms. The van der Waals surface area contributed by atoms with Crippen molar-refractivity contribution in [2.75, 3.05) is 20.3 Å². The van der Waals surface area contributed by atoms with Crippen LogP contribution in [0, 0.1) is 0 Å². The minimum atomic E-state index is -0.197. The lowest BCUT2D eigenvalue weighted by atomic mass is 10.2.